The molecule has 0 fully saturated rings. The van der Waals surface area contributed by atoms with Crippen molar-refractivity contribution >= 4 is 28.8 Å². The van der Waals surface area contributed by atoms with Crippen molar-refractivity contribution in [2.24, 2.45) is 0 Å². The Morgan fingerprint density at radius 2 is 1.68 bits per heavy atom. The molecule has 0 bridgehead atoms. The molecule has 8 heteroatoms. The quantitative estimate of drug-likeness (QED) is 0.261. The maximum Gasteiger partial charge on any atom is 0.416 e. The van der Waals surface area contributed by atoms with Crippen LogP contribution < -0.4 is 5.32 Å². The van der Waals surface area contributed by atoms with Crippen LogP contribution in [0.15, 0.2) is 108 Å². The molecule has 3 heterocycles. The Morgan fingerprint density at radius 3 is 2.44 bits per heavy atom. The van der Waals surface area contributed by atoms with E-state index in [9.17, 15) is 19.5 Å². The third kappa shape index (κ3) is 4.89. The molecule has 1 aliphatic rings. The molecule has 3 atom stereocenters. The Bertz CT molecular complexity index is 1720. The Hall–Kier alpha value is -5.11. The van der Waals surface area contributed by atoms with Gasteiger partial charge in [0, 0.05) is 29.7 Å². The number of amides is 2. The fraction of sp³-hybridized carbons (Fsp3) is 0.182. The minimum atomic E-state index is -1.06. The van der Waals surface area contributed by atoms with Crippen molar-refractivity contribution in [3.05, 3.63) is 131 Å². The summed E-state index contributed by atoms with van der Waals surface area (Å²) < 4.78 is 7.03. The molecule has 2 N–H and O–H groups in total. The largest absolute Gasteiger partial charge is 0.467 e. The molecule has 6 rings (SSSR count). The van der Waals surface area contributed by atoms with Crippen LogP contribution in [0.4, 0.5) is 4.79 Å². The number of carbonyl (C=O) groups is 3. The third-order valence-electron chi connectivity index (χ3n) is 7.67. The lowest BCUT2D eigenvalue weighted by Crippen LogP contribution is -2.48. The van der Waals surface area contributed by atoms with E-state index >= 15 is 0 Å². The molecule has 8 nitrogen and oxygen atoms in total. The van der Waals surface area contributed by atoms with Crippen LogP contribution in [0.2, 0.25) is 0 Å². The zero-order valence-corrected chi connectivity index (χ0v) is 22.4. The van der Waals surface area contributed by atoms with Crippen LogP contribution in [-0.2, 0) is 17.8 Å². The lowest BCUT2D eigenvalue weighted by Gasteiger charge is -2.41. The van der Waals surface area contributed by atoms with E-state index in [1.165, 1.54) is 4.57 Å². The standard InChI is InChI=1S/C33H29N3O5/c1-21(18-23-20-35(33(39)40)27-15-8-7-12-24(23)27)34-31(37)29-25-13-5-6-14-26(25)32(38)36(19-22-10-3-2-4-11-22)30(29)28-16-9-17-41-28/h2-17,20-21,29-30H,18-19H2,1H3,(H,34,37)(H,39,40)/t21-,29-,30+/m1/s1. The number of nitrogens with one attached hydrogen (secondary N) is 1. The fourth-order valence-electron chi connectivity index (χ4n) is 5.89. The van der Waals surface area contributed by atoms with Crippen LogP contribution in [0, 0.1) is 0 Å². The van der Waals surface area contributed by atoms with Gasteiger partial charge in [0.1, 0.15) is 11.8 Å². The van der Waals surface area contributed by atoms with Gasteiger partial charge in [-0.1, -0.05) is 66.7 Å². The molecule has 206 valence electrons. The van der Waals surface area contributed by atoms with Crippen molar-refractivity contribution in [2.45, 2.75) is 37.9 Å². The molecular weight excluding hydrogens is 518 g/mol. The summed E-state index contributed by atoms with van der Waals surface area (Å²) in [5.74, 6) is -0.592. The van der Waals surface area contributed by atoms with Crippen molar-refractivity contribution in [1.82, 2.24) is 14.8 Å². The van der Waals surface area contributed by atoms with Crippen molar-refractivity contribution in [3.63, 3.8) is 0 Å². The highest BCUT2D eigenvalue weighted by Crippen LogP contribution is 2.44. The summed E-state index contributed by atoms with van der Waals surface area (Å²) in [5.41, 5.74) is 3.50. The van der Waals surface area contributed by atoms with Crippen molar-refractivity contribution in [2.75, 3.05) is 0 Å². The van der Waals surface area contributed by atoms with Crippen LogP contribution in [0.1, 0.15) is 51.7 Å². The number of hydrogen-bond acceptors (Lipinski definition) is 4. The summed E-state index contributed by atoms with van der Waals surface area (Å²) >= 11 is 0. The first-order chi connectivity index (χ1) is 19.9. The van der Waals surface area contributed by atoms with Crippen LogP contribution in [0.5, 0.6) is 0 Å². The summed E-state index contributed by atoms with van der Waals surface area (Å²) in [4.78, 5) is 41.5. The fourth-order valence-corrected chi connectivity index (χ4v) is 5.89. The molecule has 2 aromatic heterocycles. The van der Waals surface area contributed by atoms with Gasteiger partial charge in [-0.25, -0.2) is 4.79 Å². The average molecular weight is 548 g/mol. The van der Waals surface area contributed by atoms with Crippen molar-refractivity contribution in [3.8, 4) is 0 Å². The van der Waals surface area contributed by atoms with Crippen molar-refractivity contribution < 1.29 is 23.9 Å². The second-order valence-corrected chi connectivity index (χ2v) is 10.4. The Balaban J connectivity index is 1.34. The average Bonchev–Trinajstić information content (AvgIpc) is 3.64. The summed E-state index contributed by atoms with van der Waals surface area (Å²) in [6.45, 7) is 2.21. The molecule has 41 heavy (non-hydrogen) atoms. The zero-order chi connectivity index (χ0) is 28.5. The maximum atomic E-state index is 14.2. The number of carbonyl (C=O) groups excluding carboxylic acids is 2. The smallest absolute Gasteiger partial charge is 0.416 e. The molecule has 0 unspecified atom stereocenters. The molecule has 2 amide bonds. The van der Waals surface area contributed by atoms with E-state index in [0.717, 1.165) is 16.5 Å². The SMILES string of the molecule is C[C@H](Cc1cn(C(=O)O)c2ccccc12)NC(=O)[C@@H]1c2ccccc2C(=O)N(Cc2ccccc2)[C@H]1c1ccco1. The van der Waals surface area contributed by atoms with E-state index in [1.807, 2.05) is 61.5 Å². The third-order valence-corrected chi connectivity index (χ3v) is 7.67. The van der Waals surface area contributed by atoms with Gasteiger partial charge in [0.05, 0.1) is 17.7 Å². The van der Waals surface area contributed by atoms with Gasteiger partial charge in [-0.3, -0.25) is 14.2 Å². The van der Waals surface area contributed by atoms with Crippen LogP contribution in [0.3, 0.4) is 0 Å². The summed E-state index contributed by atoms with van der Waals surface area (Å²) in [6, 6.07) is 26.8. The number of para-hydroxylation sites is 1. The number of carboxylic acid groups (broad SMARTS) is 1. The van der Waals surface area contributed by atoms with Gasteiger partial charge in [-0.15, -0.1) is 0 Å². The monoisotopic (exact) mass is 547 g/mol. The van der Waals surface area contributed by atoms with E-state index in [-0.39, 0.29) is 17.9 Å². The van der Waals surface area contributed by atoms with E-state index < -0.39 is 18.1 Å². The van der Waals surface area contributed by atoms with Gasteiger partial charge in [0.25, 0.3) is 5.91 Å². The number of aromatic nitrogens is 1. The Kier molecular flexibility index (Phi) is 6.89. The second kappa shape index (κ2) is 10.8. The van der Waals surface area contributed by atoms with E-state index in [4.69, 9.17) is 4.42 Å². The molecule has 1 aliphatic heterocycles. The Labute approximate surface area is 236 Å². The Morgan fingerprint density at radius 1 is 0.951 bits per heavy atom. The normalized spacial score (nSPS) is 17.3. The summed E-state index contributed by atoms with van der Waals surface area (Å²) in [6.07, 6.45) is 2.53. The lowest BCUT2D eigenvalue weighted by molar-refractivity contribution is -0.125. The van der Waals surface area contributed by atoms with E-state index in [2.05, 4.69) is 5.32 Å². The number of benzene rings is 3. The zero-order valence-electron chi connectivity index (χ0n) is 22.4. The molecule has 5 aromatic rings. The number of furan rings is 1. The van der Waals surface area contributed by atoms with E-state index in [0.29, 0.717) is 35.4 Å². The molecule has 0 spiro atoms. The molecular formula is C33H29N3O5. The highest BCUT2D eigenvalue weighted by molar-refractivity contribution is 6.01. The predicted molar refractivity (Wildman–Crippen MR) is 154 cm³/mol. The minimum absolute atomic E-state index is 0.163. The number of hydrogen-bond donors (Lipinski definition) is 2. The molecule has 0 saturated heterocycles. The number of nitrogens with zero attached hydrogens (tertiary/aromatic N) is 2. The van der Waals surface area contributed by atoms with Gasteiger partial charge in [-0.2, -0.15) is 0 Å². The van der Waals surface area contributed by atoms with Gasteiger partial charge in [0.2, 0.25) is 5.91 Å². The topological polar surface area (TPSA) is 105 Å². The van der Waals surface area contributed by atoms with Gasteiger partial charge in [0.15, 0.2) is 0 Å². The first kappa shape index (κ1) is 26.1. The van der Waals surface area contributed by atoms with Gasteiger partial charge in [-0.05, 0) is 54.3 Å². The van der Waals surface area contributed by atoms with Crippen LogP contribution in [-0.4, -0.2) is 38.5 Å². The first-order valence-corrected chi connectivity index (χ1v) is 13.5. The van der Waals surface area contributed by atoms with E-state index in [1.54, 1.807) is 53.8 Å². The van der Waals surface area contributed by atoms with Crippen LogP contribution in [0.25, 0.3) is 10.9 Å². The van der Waals surface area contributed by atoms with Gasteiger partial charge >= 0.3 is 6.09 Å². The minimum Gasteiger partial charge on any atom is -0.467 e. The highest BCUT2D eigenvalue weighted by Gasteiger charge is 2.45. The molecule has 0 aliphatic carbocycles. The van der Waals surface area contributed by atoms with Crippen LogP contribution >= 0.6 is 0 Å². The first-order valence-electron chi connectivity index (χ1n) is 13.5. The summed E-state index contributed by atoms with van der Waals surface area (Å²) in [5, 5.41) is 13.6. The second-order valence-electron chi connectivity index (χ2n) is 10.4. The summed E-state index contributed by atoms with van der Waals surface area (Å²) in [7, 11) is 0. The molecule has 3 aromatic carbocycles. The molecule has 0 saturated carbocycles. The van der Waals surface area contributed by atoms with Gasteiger partial charge < -0.3 is 19.7 Å². The lowest BCUT2D eigenvalue weighted by atomic mass is 9.80. The molecule has 0 radical (unpaired) electrons. The number of rotatable bonds is 7. The van der Waals surface area contributed by atoms with Crippen molar-refractivity contribution in [1.29, 1.82) is 0 Å². The number of fused-ring (bicyclic) bond motifs is 2. The predicted octanol–water partition coefficient (Wildman–Crippen LogP) is 5.99. The maximum absolute atomic E-state index is 14.2. The highest BCUT2D eigenvalue weighted by atomic mass is 16.4.